The van der Waals surface area contributed by atoms with Crippen LogP contribution in [-0.4, -0.2) is 51.8 Å². The van der Waals surface area contributed by atoms with Crippen molar-refractivity contribution in [1.29, 1.82) is 0 Å². The van der Waals surface area contributed by atoms with Crippen LogP contribution in [0.1, 0.15) is 33.1 Å². The number of aliphatic carboxylic acids is 1. The third-order valence-electron chi connectivity index (χ3n) is 2.92. The van der Waals surface area contributed by atoms with Gasteiger partial charge in [-0.2, -0.15) is 0 Å². The van der Waals surface area contributed by atoms with E-state index in [1.165, 1.54) is 4.90 Å². The van der Waals surface area contributed by atoms with Crippen molar-refractivity contribution in [2.45, 2.75) is 51.3 Å². The smallest absolute Gasteiger partial charge is 0.326 e. The Morgan fingerprint density at radius 1 is 1.53 bits per heavy atom. The van der Waals surface area contributed by atoms with Crippen molar-refractivity contribution >= 4 is 12.0 Å². The normalized spacial score (nSPS) is 25.7. The molecule has 1 fully saturated rings. The summed E-state index contributed by atoms with van der Waals surface area (Å²) in [6, 6.07) is -1.31. The van der Waals surface area contributed by atoms with Gasteiger partial charge in [-0.15, -0.1) is 0 Å². The Balaban J connectivity index is 2.58. The molecular weight excluding hydrogens is 224 g/mol. The van der Waals surface area contributed by atoms with Crippen molar-refractivity contribution in [3.8, 4) is 0 Å². The van der Waals surface area contributed by atoms with Crippen LogP contribution in [-0.2, 0) is 4.79 Å². The van der Waals surface area contributed by atoms with Crippen molar-refractivity contribution in [3.63, 3.8) is 0 Å². The van der Waals surface area contributed by atoms with Gasteiger partial charge in [0.1, 0.15) is 6.04 Å². The molecule has 0 spiro atoms. The minimum absolute atomic E-state index is 0.0136. The summed E-state index contributed by atoms with van der Waals surface area (Å²) < 4.78 is 0. The molecule has 17 heavy (non-hydrogen) atoms. The molecule has 0 saturated carbocycles. The number of carboxylic acids is 1. The summed E-state index contributed by atoms with van der Waals surface area (Å²) in [4.78, 5) is 24.0. The number of urea groups is 1. The van der Waals surface area contributed by atoms with Gasteiger partial charge < -0.3 is 20.4 Å². The van der Waals surface area contributed by atoms with E-state index < -0.39 is 24.1 Å². The first-order valence-corrected chi connectivity index (χ1v) is 5.93. The first-order chi connectivity index (χ1) is 7.95. The molecule has 1 unspecified atom stereocenters. The van der Waals surface area contributed by atoms with Gasteiger partial charge in [0.15, 0.2) is 0 Å². The summed E-state index contributed by atoms with van der Waals surface area (Å²) in [5.74, 6) is -1.07. The van der Waals surface area contributed by atoms with Crippen molar-refractivity contribution in [2.75, 3.05) is 6.54 Å². The van der Waals surface area contributed by atoms with Crippen molar-refractivity contribution in [3.05, 3.63) is 0 Å². The van der Waals surface area contributed by atoms with Crippen LogP contribution in [0.25, 0.3) is 0 Å². The molecule has 0 aromatic carbocycles. The van der Waals surface area contributed by atoms with Crippen LogP contribution in [0.3, 0.4) is 0 Å². The van der Waals surface area contributed by atoms with Gasteiger partial charge in [-0.3, -0.25) is 0 Å². The molecular formula is C11H20N2O4. The van der Waals surface area contributed by atoms with E-state index in [2.05, 4.69) is 5.32 Å². The van der Waals surface area contributed by atoms with Gasteiger partial charge in [0.2, 0.25) is 0 Å². The highest BCUT2D eigenvalue weighted by Crippen LogP contribution is 2.18. The molecule has 98 valence electrons. The number of carboxylic acid groups (broad SMARTS) is 1. The lowest BCUT2D eigenvalue weighted by atomic mass is 10.2. The number of carbonyl (C=O) groups is 2. The van der Waals surface area contributed by atoms with Crippen LogP contribution in [0, 0.1) is 0 Å². The molecule has 0 bridgehead atoms. The van der Waals surface area contributed by atoms with E-state index in [9.17, 15) is 14.7 Å². The highest BCUT2D eigenvalue weighted by Gasteiger charge is 2.39. The molecule has 0 aliphatic carbocycles. The second kappa shape index (κ2) is 5.86. The molecule has 0 aromatic heterocycles. The maximum Gasteiger partial charge on any atom is 0.326 e. The summed E-state index contributed by atoms with van der Waals surface area (Å²) in [5.41, 5.74) is 0. The van der Waals surface area contributed by atoms with Crippen LogP contribution < -0.4 is 5.32 Å². The lowest BCUT2D eigenvalue weighted by Crippen LogP contribution is -2.48. The number of likely N-dealkylation sites (tertiary alicyclic amines) is 1. The standard InChI is InChI=1S/C11H20N2O4/c1-3-4-7(2)12-11(17)13-6-8(14)5-9(13)10(15)16/h7-9,14H,3-6H2,1-2H3,(H,12,17)(H,15,16)/t7?,8-,9+/m1/s1. The van der Waals surface area contributed by atoms with Gasteiger partial charge in [0.05, 0.1) is 6.10 Å². The minimum Gasteiger partial charge on any atom is -0.480 e. The van der Waals surface area contributed by atoms with Crippen LogP contribution >= 0.6 is 0 Å². The number of rotatable bonds is 4. The van der Waals surface area contributed by atoms with Crippen LogP contribution in [0.15, 0.2) is 0 Å². The molecule has 1 saturated heterocycles. The van der Waals surface area contributed by atoms with E-state index in [0.29, 0.717) is 0 Å². The van der Waals surface area contributed by atoms with Gasteiger partial charge in [-0.1, -0.05) is 13.3 Å². The number of aliphatic hydroxyl groups excluding tert-OH is 1. The van der Waals surface area contributed by atoms with Crippen LogP contribution in [0.5, 0.6) is 0 Å². The molecule has 1 aliphatic rings. The first kappa shape index (κ1) is 13.8. The van der Waals surface area contributed by atoms with Crippen molar-refractivity contribution < 1.29 is 19.8 Å². The predicted molar refractivity (Wildman–Crippen MR) is 61.7 cm³/mol. The topological polar surface area (TPSA) is 89.9 Å². The maximum absolute atomic E-state index is 11.8. The van der Waals surface area contributed by atoms with E-state index in [-0.39, 0.29) is 19.0 Å². The number of β-amino-alcohol motifs (C(OH)–C–C–N with tert-alkyl or cyclic N) is 1. The largest absolute Gasteiger partial charge is 0.480 e. The third kappa shape index (κ3) is 3.59. The van der Waals surface area contributed by atoms with E-state index in [1.807, 2.05) is 13.8 Å². The highest BCUT2D eigenvalue weighted by atomic mass is 16.4. The van der Waals surface area contributed by atoms with Crippen LogP contribution in [0.4, 0.5) is 4.79 Å². The quantitative estimate of drug-likeness (QED) is 0.668. The van der Waals surface area contributed by atoms with Crippen molar-refractivity contribution in [1.82, 2.24) is 10.2 Å². The number of amides is 2. The van der Waals surface area contributed by atoms with E-state index >= 15 is 0 Å². The summed E-state index contributed by atoms with van der Waals surface area (Å²) in [6.07, 6.45) is 1.15. The van der Waals surface area contributed by atoms with Gasteiger partial charge in [0, 0.05) is 19.0 Å². The summed E-state index contributed by atoms with van der Waals surface area (Å²) in [7, 11) is 0. The summed E-state index contributed by atoms with van der Waals surface area (Å²) in [5, 5.41) is 21.1. The van der Waals surface area contributed by atoms with Gasteiger partial charge >= 0.3 is 12.0 Å². The Bertz CT molecular complexity index is 295. The fourth-order valence-corrected chi connectivity index (χ4v) is 2.07. The second-order valence-corrected chi connectivity index (χ2v) is 4.54. The summed E-state index contributed by atoms with van der Waals surface area (Å²) >= 11 is 0. The molecule has 2 amide bonds. The minimum atomic E-state index is -1.07. The van der Waals surface area contributed by atoms with Gasteiger partial charge in [-0.25, -0.2) is 9.59 Å². The predicted octanol–water partition coefficient (Wildman–Crippen LogP) is 0.404. The number of nitrogens with zero attached hydrogens (tertiary/aromatic N) is 1. The molecule has 0 radical (unpaired) electrons. The lowest BCUT2D eigenvalue weighted by Gasteiger charge is -2.24. The van der Waals surface area contributed by atoms with Crippen LogP contribution in [0.2, 0.25) is 0 Å². The fraction of sp³-hybridized carbons (Fsp3) is 0.818. The number of carbonyl (C=O) groups excluding carboxylic acids is 1. The number of aliphatic hydroxyl groups is 1. The Morgan fingerprint density at radius 2 is 2.18 bits per heavy atom. The zero-order chi connectivity index (χ0) is 13.0. The Kier molecular flexibility index (Phi) is 4.74. The Morgan fingerprint density at radius 3 is 2.71 bits per heavy atom. The molecule has 3 atom stereocenters. The van der Waals surface area contributed by atoms with E-state index in [4.69, 9.17) is 5.11 Å². The Hall–Kier alpha value is -1.30. The molecule has 6 heteroatoms. The number of nitrogens with one attached hydrogen (secondary N) is 1. The van der Waals surface area contributed by atoms with Crippen molar-refractivity contribution in [2.24, 2.45) is 0 Å². The van der Waals surface area contributed by atoms with Gasteiger partial charge in [-0.05, 0) is 13.3 Å². The number of hydrogen-bond donors (Lipinski definition) is 3. The van der Waals surface area contributed by atoms with E-state index in [0.717, 1.165) is 12.8 Å². The zero-order valence-corrected chi connectivity index (χ0v) is 10.2. The SMILES string of the molecule is CCCC(C)NC(=O)N1C[C@H](O)C[C@H]1C(=O)O. The molecule has 1 rings (SSSR count). The first-order valence-electron chi connectivity index (χ1n) is 5.93. The van der Waals surface area contributed by atoms with E-state index in [1.54, 1.807) is 0 Å². The fourth-order valence-electron chi connectivity index (χ4n) is 2.07. The molecule has 6 nitrogen and oxygen atoms in total. The average Bonchev–Trinajstić information content (AvgIpc) is 2.60. The molecule has 1 heterocycles. The third-order valence-corrected chi connectivity index (χ3v) is 2.92. The number of hydrogen-bond acceptors (Lipinski definition) is 3. The maximum atomic E-state index is 11.8. The summed E-state index contributed by atoms with van der Waals surface area (Å²) in [6.45, 7) is 3.98. The Labute approximate surface area is 101 Å². The van der Waals surface area contributed by atoms with Gasteiger partial charge in [0.25, 0.3) is 0 Å². The zero-order valence-electron chi connectivity index (χ0n) is 10.2. The lowest BCUT2D eigenvalue weighted by molar-refractivity contribution is -0.141. The molecule has 1 aliphatic heterocycles. The molecule has 0 aromatic rings. The second-order valence-electron chi connectivity index (χ2n) is 4.54. The monoisotopic (exact) mass is 244 g/mol. The average molecular weight is 244 g/mol. The highest BCUT2D eigenvalue weighted by molar-refractivity contribution is 5.83. The molecule has 3 N–H and O–H groups in total.